The Balaban J connectivity index is 1.84. The van der Waals surface area contributed by atoms with Crippen molar-refractivity contribution in [2.45, 2.75) is 19.9 Å². The number of hydrogen-bond acceptors (Lipinski definition) is 4. The number of benzene rings is 1. The van der Waals surface area contributed by atoms with Gasteiger partial charge in [0.25, 0.3) is 0 Å². The van der Waals surface area contributed by atoms with Gasteiger partial charge in [0.15, 0.2) is 5.78 Å². The topological polar surface area (TPSA) is 78.5 Å². The van der Waals surface area contributed by atoms with E-state index in [4.69, 9.17) is 0 Å². The smallest absolute Gasteiger partial charge is 0.229 e. The van der Waals surface area contributed by atoms with E-state index in [0.29, 0.717) is 17.8 Å². The van der Waals surface area contributed by atoms with Crippen LogP contribution in [0.4, 0.5) is 5.69 Å². The first-order valence-electron chi connectivity index (χ1n) is 8.16. The summed E-state index contributed by atoms with van der Waals surface area (Å²) in [6.45, 7) is 4.33. The molecule has 0 unspecified atom stereocenters. The summed E-state index contributed by atoms with van der Waals surface area (Å²) in [5, 5.41) is 5.72. The second kappa shape index (κ2) is 5.70. The van der Waals surface area contributed by atoms with Gasteiger partial charge in [-0.2, -0.15) is 0 Å². The number of rotatable bonds is 4. The molecule has 4 atom stereocenters. The number of hydrogen-bond donors (Lipinski definition) is 2. The Kier molecular flexibility index (Phi) is 3.95. The summed E-state index contributed by atoms with van der Waals surface area (Å²) >= 11 is 0. The number of nitrogens with zero attached hydrogens (tertiary/aromatic N) is 1. The van der Waals surface area contributed by atoms with Gasteiger partial charge >= 0.3 is 0 Å². The molecule has 1 aromatic rings. The highest BCUT2D eigenvalue weighted by Gasteiger charge is 2.73. The van der Waals surface area contributed by atoms with E-state index < -0.39 is 17.3 Å². The van der Waals surface area contributed by atoms with Crippen LogP contribution < -0.4 is 10.6 Å². The Bertz CT molecular complexity index is 715. The van der Waals surface area contributed by atoms with Gasteiger partial charge in [-0.1, -0.05) is 19.1 Å². The molecule has 2 N–H and O–H groups in total. The quantitative estimate of drug-likeness (QED) is 0.868. The van der Waals surface area contributed by atoms with Crippen molar-refractivity contribution < 1.29 is 14.4 Å². The lowest BCUT2D eigenvalue weighted by atomic mass is 9.92. The number of fused-ring (bicyclic) bond motifs is 2. The minimum atomic E-state index is -0.960. The molecule has 0 saturated heterocycles. The molecule has 1 fully saturated rings. The molecule has 0 spiro atoms. The number of Topliss-reactive ketones (excluding diaryl/α,β-unsaturated/α-hetero) is 1. The zero-order valence-corrected chi connectivity index (χ0v) is 14.4. The van der Waals surface area contributed by atoms with Crippen LogP contribution in [0.5, 0.6) is 0 Å². The first kappa shape index (κ1) is 16.6. The number of ketones is 1. The van der Waals surface area contributed by atoms with E-state index in [1.165, 1.54) is 0 Å². The van der Waals surface area contributed by atoms with Crippen LogP contribution >= 0.6 is 0 Å². The molecule has 128 valence electrons. The van der Waals surface area contributed by atoms with Gasteiger partial charge in [0, 0.05) is 18.2 Å². The van der Waals surface area contributed by atoms with E-state index >= 15 is 0 Å². The molecule has 1 heterocycles. The fourth-order valence-electron chi connectivity index (χ4n) is 3.86. The maximum atomic E-state index is 12.9. The number of nitrogens with one attached hydrogen (secondary N) is 2. The predicted molar refractivity (Wildman–Crippen MR) is 90.6 cm³/mol. The van der Waals surface area contributed by atoms with Crippen molar-refractivity contribution in [3.63, 3.8) is 0 Å². The van der Waals surface area contributed by atoms with Crippen molar-refractivity contribution in [3.8, 4) is 0 Å². The van der Waals surface area contributed by atoms with Crippen LogP contribution in [0.25, 0.3) is 0 Å². The van der Waals surface area contributed by atoms with Crippen molar-refractivity contribution in [2.75, 3.05) is 26.0 Å². The molecule has 3 rings (SSSR count). The number of amides is 2. The van der Waals surface area contributed by atoms with Crippen LogP contribution in [-0.4, -0.2) is 49.2 Å². The van der Waals surface area contributed by atoms with Crippen molar-refractivity contribution in [2.24, 2.45) is 17.3 Å². The van der Waals surface area contributed by atoms with Crippen LogP contribution in [0.3, 0.4) is 0 Å². The van der Waals surface area contributed by atoms with E-state index in [9.17, 15) is 14.4 Å². The van der Waals surface area contributed by atoms with Gasteiger partial charge in [0.2, 0.25) is 11.8 Å². The number of para-hydroxylation sites is 1. The third kappa shape index (κ3) is 2.51. The van der Waals surface area contributed by atoms with Gasteiger partial charge in [-0.15, -0.1) is 0 Å². The summed E-state index contributed by atoms with van der Waals surface area (Å²) in [4.78, 5) is 40.0. The normalized spacial score (nSPS) is 29.2. The lowest BCUT2D eigenvalue weighted by molar-refractivity contribution is -0.125. The van der Waals surface area contributed by atoms with Crippen LogP contribution in [0.1, 0.15) is 24.2 Å². The zero-order valence-electron chi connectivity index (χ0n) is 14.4. The zero-order chi connectivity index (χ0) is 17.6. The van der Waals surface area contributed by atoms with Crippen LogP contribution in [-0.2, 0) is 9.59 Å². The lowest BCUT2D eigenvalue weighted by Crippen LogP contribution is -2.41. The minimum Gasteiger partial charge on any atom is -0.352 e. The first-order valence-corrected chi connectivity index (χ1v) is 8.16. The summed E-state index contributed by atoms with van der Waals surface area (Å²) < 4.78 is 0. The van der Waals surface area contributed by atoms with Crippen molar-refractivity contribution >= 4 is 23.3 Å². The van der Waals surface area contributed by atoms with E-state index in [-0.39, 0.29) is 23.6 Å². The van der Waals surface area contributed by atoms with Crippen LogP contribution in [0.2, 0.25) is 0 Å². The van der Waals surface area contributed by atoms with Gasteiger partial charge in [-0.05, 0) is 33.2 Å². The highest BCUT2D eigenvalue weighted by Crippen LogP contribution is 2.62. The average Bonchev–Trinajstić information content (AvgIpc) is 3.14. The SMILES string of the molecule is C[C@H](CN(C)C)NC(=O)[C@@H]1[C@@H]2C(=O)Nc3ccccc3C(=O)[C@]12C. The molecule has 2 aliphatic rings. The molecule has 6 nitrogen and oxygen atoms in total. The molecular formula is C18H23N3O3. The Hall–Kier alpha value is -2.21. The van der Waals surface area contributed by atoms with Crippen molar-refractivity contribution in [3.05, 3.63) is 29.8 Å². The number of likely N-dealkylation sites (N-methyl/N-ethyl adjacent to an activating group) is 1. The maximum absolute atomic E-state index is 12.9. The molecule has 6 heteroatoms. The van der Waals surface area contributed by atoms with E-state index in [0.717, 1.165) is 0 Å². The lowest BCUT2D eigenvalue weighted by Gasteiger charge is -2.19. The Labute approximate surface area is 141 Å². The number of anilines is 1. The Morgan fingerprint density at radius 1 is 1.33 bits per heavy atom. The molecule has 0 aromatic heterocycles. The molecule has 1 aliphatic heterocycles. The summed E-state index contributed by atoms with van der Waals surface area (Å²) in [5.41, 5.74) is 0.0482. The fraction of sp³-hybridized carbons (Fsp3) is 0.500. The average molecular weight is 329 g/mol. The maximum Gasteiger partial charge on any atom is 0.229 e. The van der Waals surface area contributed by atoms with E-state index in [1.807, 2.05) is 25.9 Å². The summed E-state index contributed by atoms with van der Waals surface area (Å²) in [6.07, 6.45) is 0. The van der Waals surface area contributed by atoms with Crippen LogP contribution in [0, 0.1) is 17.3 Å². The monoisotopic (exact) mass is 329 g/mol. The van der Waals surface area contributed by atoms with Crippen LogP contribution in [0.15, 0.2) is 24.3 Å². The summed E-state index contributed by atoms with van der Waals surface area (Å²) in [7, 11) is 3.86. The molecule has 2 amide bonds. The Morgan fingerprint density at radius 2 is 2.00 bits per heavy atom. The highest BCUT2D eigenvalue weighted by molar-refractivity contribution is 6.19. The van der Waals surface area contributed by atoms with Gasteiger partial charge in [0.05, 0.1) is 22.9 Å². The molecule has 1 aliphatic carbocycles. The van der Waals surface area contributed by atoms with E-state index in [1.54, 1.807) is 31.2 Å². The molecule has 0 radical (unpaired) electrons. The first-order chi connectivity index (χ1) is 11.3. The second-order valence-electron chi connectivity index (χ2n) is 7.27. The Morgan fingerprint density at radius 3 is 2.67 bits per heavy atom. The molecule has 0 bridgehead atoms. The third-order valence-electron chi connectivity index (χ3n) is 5.03. The summed E-state index contributed by atoms with van der Waals surface area (Å²) in [5.74, 6) is -1.83. The highest BCUT2D eigenvalue weighted by atomic mass is 16.2. The second-order valence-corrected chi connectivity index (χ2v) is 7.27. The molecular weight excluding hydrogens is 306 g/mol. The number of carbonyl (C=O) groups excluding carboxylic acids is 3. The minimum absolute atomic E-state index is 0.0496. The van der Waals surface area contributed by atoms with Crippen molar-refractivity contribution in [1.82, 2.24) is 10.2 Å². The summed E-state index contributed by atoms with van der Waals surface area (Å²) in [6, 6.07) is 6.91. The predicted octanol–water partition coefficient (Wildman–Crippen LogP) is 1.14. The van der Waals surface area contributed by atoms with Crippen molar-refractivity contribution in [1.29, 1.82) is 0 Å². The largest absolute Gasteiger partial charge is 0.352 e. The van der Waals surface area contributed by atoms with Gasteiger partial charge in [0.1, 0.15) is 0 Å². The molecule has 24 heavy (non-hydrogen) atoms. The van der Waals surface area contributed by atoms with Gasteiger partial charge in [-0.3, -0.25) is 14.4 Å². The molecule has 1 saturated carbocycles. The van der Waals surface area contributed by atoms with Gasteiger partial charge < -0.3 is 15.5 Å². The third-order valence-corrected chi connectivity index (χ3v) is 5.03. The molecule has 1 aromatic carbocycles. The van der Waals surface area contributed by atoms with Gasteiger partial charge in [-0.25, -0.2) is 0 Å². The fourth-order valence-corrected chi connectivity index (χ4v) is 3.86. The standard InChI is InChI=1S/C18H23N3O3/c1-10(9-21(3)4)19-16(23)13-14-17(24)20-12-8-6-5-7-11(12)15(22)18(13,14)2/h5-8,10,13-14H,9H2,1-4H3,(H,19,23)(H,20,24)/t10-,13+,14-,18-/m1/s1. The number of carbonyl (C=O) groups is 3. The van der Waals surface area contributed by atoms with E-state index in [2.05, 4.69) is 10.6 Å².